The van der Waals surface area contributed by atoms with Crippen molar-refractivity contribution < 1.29 is 18.0 Å². The second-order valence-electron chi connectivity index (χ2n) is 5.91. The van der Waals surface area contributed by atoms with Gasteiger partial charge in [0.15, 0.2) is 0 Å². The molecule has 0 spiro atoms. The Balaban J connectivity index is 1.67. The summed E-state index contributed by atoms with van der Waals surface area (Å²) in [7, 11) is -3.85. The summed E-state index contributed by atoms with van der Waals surface area (Å²) in [4.78, 5) is 31.0. The van der Waals surface area contributed by atoms with Crippen LogP contribution < -0.4 is 15.4 Å². The van der Waals surface area contributed by atoms with Gasteiger partial charge >= 0.3 is 0 Å². The molecule has 2 aromatic carbocycles. The normalized spacial score (nSPS) is 10.8. The molecular formula is C19H17N5O4S. The molecule has 0 atom stereocenters. The zero-order valence-corrected chi connectivity index (χ0v) is 16.1. The minimum atomic E-state index is -3.85. The zero-order chi connectivity index (χ0) is 20.9. The van der Waals surface area contributed by atoms with E-state index in [9.17, 15) is 18.0 Å². The highest BCUT2D eigenvalue weighted by molar-refractivity contribution is 7.92. The smallest absolute Gasteiger partial charge is 0.264 e. The van der Waals surface area contributed by atoms with Crippen molar-refractivity contribution in [2.75, 3.05) is 15.4 Å². The fourth-order valence-corrected chi connectivity index (χ4v) is 3.32. The first kappa shape index (κ1) is 20.0. The number of anilines is 3. The van der Waals surface area contributed by atoms with Gasteiger partial charge in [0.1, 0.15) is 0 Å². The van der Waals surface area contributed by atoms with Gasteiger partial charge in [0.05, 0.1) is 4.90 Å². The highest BCUT2D eigenvalue weighted by Gasteiger charge is 2.15. The van der Waals surface area contributed by atoms with Gasteiger partial charge in [0, 0.05) is 36.3 Å². The summed E-state index contributed by atoms with van der Waals surface area (Å²) >= 11 is 0. The maximum Gasteiger partial charge on any atom is 0.264 e. The molecule has 1 heterocycles. The van der Waals surface area contributed by atoms with Crippen molar-refractivity contribution in [1.82, 2.24) is 9.97 Å². The molecule has 0 aliphatic heterocycles. The van der Waals surface area contributed by atoms with Gasteiger partial charge in [-0.05, 0) is 54.6 Å². The topological polar surface area (TPSA) is 130 Å². The van der Waals surface area contributed by atoms with Crippen molar-refractivity contribution in [3.8, 4) is 0 Å². The van der Waals surface area contributed by atoms with E-state index in [1.165, 1.54) is 43.6 Å². The lowest BCUT2D eigenvalue weighted by molar-refractivity contribution is -0.114. The largest absolute Gasteiger partial charge is 0.326 e. The second-order valence-corrected chi connectivity index (χ2v) is 7.60. The Labute approximate surface area is 167 Å². The number of carbonyl (C=O) groups excluding carboxylic acids is 2. The fraction of sp³-hybridized carbons (Fsp3) is 0.0526. The van der Waals surface area contributed by atoms with Gasteiger partial charge in [-0.1, -0.05) is 0 Å². The van der Waals surface area contributed by atoms with E-state index in [2.05, 4.69) is 25.3 Å². The van der Waals surface area contributed by atoms with Gasteiger partial charge in [0.25, 0.3) is 15.9 Å². The second kappa shape index (κ2) is 8.48. The molecule has 29 heavy (non-hydrogen) atoms. The number of carbonyl (C=O) groups is 2. The molecule has 0 aliphatic rings. The van der Waals surface area contributed by atoms with E-state index < -0.39 is 10.0 Å². The molecule has 3 N–H and O–H groups in total. The molecule has 0 unspecified atom stereocenters. The monoisotopic (exact) mass is 411 g/mol. The molecule has 3 rings (SSSR count). The van der Waals surface area contributed by atoms with Crippen LogP contribution in [-0.2, 0) is 14.8 Å². The van der Waals surface area contributed by atoms with Crippen molar-refractivity contribution in [3.63, 3.8) is 0 Å². The summed E-state index contributed by atoms with van der Waals surface area (Å²) < 4.78 is 27.0. The van der Waals surface area contributed by atoms with Crippen LogP contribution in [0.15, 0.2) is 71.9 Å². The Morgan fingerprint density at radius 2 is 1.38 bits per heavy atom. The van der Waals surface area contributed by atoms with E-state index in [1.54, 1.807) is 30.3 Å². The van der Waals surface area contributed by atoms with Crippen LogP contribution >= 0.6 is 0 Å². The SMILES string of the molecule is CC(=O)Nc1ccc(C(=O)Nc2ccc(S(=O)(=O)Nc3ncccn3)cc2)cc1. The number of benzene rings is 2. The minimum Gasteiger partial charge on any atom is -0.326 e. The Kier molecular flexibility index (Phi) is 5.84. The summed E-state index contributed by atoms with van der Waals surface area (Å²) in [6.45, 7) is 1.40. The maximum atomic E-state index is 12.4. The minimum absolute atomic E-state index is 0.00242. The summed E-state index contributed by atoms with van der Waals surface area (Å²) in [5.74, 6) is -0.607. The number of hydrogen-bond donors (Lipinski definition) is 3. The number of nitrogens with zero attached hydrogens (tertiary/aromatic N) is 2. The number of aromatic nitrogens is 2. The molecule has 148 valence electrons. The predicted octanol–water partition coefficient (Wildman–Crippen LogP) is 2.49. The fourth-order valence-electron chi connectivity index (χ4n) is 2.36. The van der Waals surface area contributed by atoms with Crippen molar-refractivity contribution in [2.45, 2.75) is 11.8 Å². The van der Waals surface area contributed by atoms with Crippen LogP contribution in [0.1, 0.15) is 17.3 Å². The molecule has 0 saturated carbocycles. The van der Waals surface area contributed by atoms with E-state index in [4.69, 9.17) is 0 Å². The molecule has 0 radical (unpaired) electrons. The molecule has 1 aromatic heterocycles. The quantitative estimate of drug-likeness (QED) is 0.571. The van der Waals surface area contributed by atoms with E-state index in [0.717, 1.165) is 0 Å². The first-order valence-corrected chi connectivity index (χ1v) is 9.91. The first-order valence-electron chi connectivity index (χ1n) is 8.42. The van der Waals surface area contributed by atoms with Crippen molar-refractivity contribution in [3.05, 3.63) is 72.6 Å². The van der Waals surface area contributed by atoms with Crippen molar-refractivity contribution in [1.29, 1.82) is 0 Å². The molecular weight excluding hydrogens is 394 g/mol. The molecule has 3 aromatic rings. The average Bonchev–Trinajstić information content (AvgIpc) is 2.69. The maximum absolute atomic E-state index is 12.4. The third-order valence-corrected chi connectivity index (χ3v) is 5.03. The van der Waals surface area contributed by atoms with Crippen LogP contribution in [0.2, 0.25) is 0 Å². The van der Waals surface area contributed by atoms with E-state index in [0.29, 0.717) is 16.9 Å². The highest BCUT2D eigenvalue weighted by atomic mass is 32.2. The Morgan fingerprint density at radius 1 is 0.828 bits per heavy atom. The zero-order valence-electron chi connectivity index (χ0n) is 15.3. The van der Waals surface area contributed by atoms with Crippen LogP contribution in [0.4, 0.5) is 17.3 Å². The lowest BCUT2D eigenvalue weighted by Crippen LogP contribution is -2.15. The lowest BCUT2D eigenvalue weighted by atomic mass is 10.2. The average molecular weight is 411 g/mol. The van der Waals surface area contributed by atoms with Crippen molar-refractivity contribution >= 4 is 39.2 Å². The molecule has 10 heteroatoms. The van der Waals surface area contributed by atoms with E-state index >= 15 is 0 Å². The number of hydrogen-bond acceptors (Lipinski definition) is 6. The molecule has 0 saturated heterocycles. The first-order chi connectivity index (χ1) is 13.8. The van der Waals surface area contributed by atoms with Crippen LogP contribution in [0.5, 0.6) is 0 Å². The summed E-state index contributed by atoms with van der Waals surface area (Å²) in [5.41, 5.74) is 1.40. The van der Waals surface area contributed by atoms with E-state index in [-0.39, 0.29) is 22.7 Å². The summed E-state index contributed by atoms with van der Waals surface area (Å²) in [5, 5.41) is 5.30. The van der Waals surface area contributed by atoms with Gasteiger partial charge in [-0.25, -0.2) is 23.1 Å². The van der Waals surface area contributed by atoms with E-state index in [1.807, 2.05) is 0 Å². The van der Waals surface area contributed by atoms with Gasteiger partial charge in [0.2, 0.25) is 11.9 Å². The van der Waals surface area contributed by atoms with Crippen LogP contribution in [0, 0.1) is 0 Å². The Bertz CT molecular complexity index is 1120. The van der Waals surface area contributed by atoms with Gasteiger partial charge in [-0.3, -0.25) is 9.59 Å². The molecule has 0 fully saturated rings. The molecule has 9 nitrogen and oxygen atoms in total. The van der Waals surface area contributed by atoms with Gasteiger partial charge < -0.3 is 10.6 Å². The van der Waals surface area contributed by atoms with Crippen molar-refractivity contribution in [2.24, 2.45) is 0 Å². The molecule has 2 amide bonds. The van der Waals surface area contributed by atoms with Gasteiger partial charge in [-0.2, -0.15) is 0 Å². The summed E-state index contributed by atoms with van der Waals surface area (Å²) in [6, 6.07) is 13.6. The standard InChI is InChI=1S/C19H17N5O4S/c1-13(25)22-15-5-3-14(4-6-15)18(26)23-16-7-9-17(10-8-16)29(27,28)24-19-20-11-2-12-21-19/h2-12H,1H3,(H,22,25)(H,23,26)(H,20,21,24). The molecule has 0 bridgehead atoms. The lowest BCUT2D eigenvalue weighted by Gasteiger charge is -2.09. The van der Waals surface area contributed by atoms with Crippen LogP contribution in [0.3, 0.4) is 0 Å². The highest BCUT2D eigenvalue weighted by Crippen LogP contribution is 2.17. The third kappa shape index (κ3) is 5.36. The number of sulfonamides is 1. The van der Waals surface area contributed by atoms with Crippen LogP contribution in [-0.4, -0.2) is 30.2 Å². The predicted molar refractivity (Wildman–Crippen MR) is 108 cm³/mol. The number of rotatable bonds is 6. The Hall–Kier alpha value is -3.79. The van der Waals surface area contributed by atoms with Crippen LogP contribution in [0.25, 0.3) is 0 Å². The number of nitrogens with one attached hydrogen (secondary N) is 3. The number of amides is 2. The summed E-state index contributed by atoms with van der Waals surface area (Å²) in [6.07, 6.45) is 2.85. The molecule has 0 aliphatic carbocycles. The van der Waals surface area contributed by atoms with Gasteiger partial charge in [-0.15, -0.1) is 0 Å². The Morgan fingerprint density at radius 3 is 1.97 bits per heavy atom. The third-order valence-electron chi connectivity index (χ3n) is 3.68.